The van der Waals surface area contributed by atoms with Gasteiger partial charge in [0, 0.05) is 12.1 Å². The average Bonchev–Trinajstić information content (AvgIpc) is 2.54. The number of unbranched alkanes of at least 4 members (excludes halogenated alkanes) is 9. The third kappa shape index (κ3) is 17.9. The molecule has 0 radical (unpaired) electrons. The van der Waals surface area contributed by atoms with Gasteiger partial charge in [-0.15, -0.1) is 0 Å². The summed E-state index contributed by atoms with van der Waals surface area (Å²) in [5, 5.41) is 0. The number of hydrogen-bond donors (Lipinski definition) is 1. The Morgan fingerprint density at radius 3 is 1.85 bits per heavy atom. The molecular formula is C19H37NO5S. The summed E-state index contributed by atoms with van der Waals surface area (Å²) in [4.78, 5) is 13.4. The molecule has 0 saturated heterocycles. The summed E-state index contributed by atoms with van der Waals surface area (Å²) in [7, 11) is -1.74. The average molecular weight is 392 g/mol. The third-order valence-corrected chi connectivity index (χ3v) is 5.05. The van der Waals surface area contributed by atoms with Crippen LogP contribution in [-0.4, -0.2) is 56.3 Å². The lowest BCUT2D eigenvalue weighted by Crippen LogP contribution is -2.25. The molecule has 1 N–H and O–H groups in total. The highest BCUT2D eigenvalue weighted by atomic mass is 32.2. The summed E-state index contributed by atoms with van der Waals surface area (Å²) in [6.07, 6.45) is 10.9. The third-order valence-electron chi connectivity index (χ3n) is 4.25. The van der Waals surface area contributed by atoms with Gasteiger partial charge < -0.3 is 9.64 Å². The summed E-state index contributed by atoms with van der Waals surface area (Å²) in [5.74, 6) is -0.436. The highest BCUT2D eigenvalue weighted by Gasteiger charge is 2.04. The normalized spacial score (nSPS) is 11.7. The Balaban J connectivity index is 3.30. The zero-order chi connectivity index (χ0) is 19.8. The molecule has 0 aliphatic heterocycles. The van der Waals surface area contributed by atoms with Crippen molar-refractivity contribution in [2.45, 2.75) is 71.1 Å². The largest absolute Gasteiger partial charge is 0.461 e. The van der Waals surface area contributed by atoms with Gasteiger partial charge >= 0.3 is 5.97 Å². The molecule has 0 amide bonds. The zero-order valence-corrected chi connectivity index (χ0v) is 17.4. The van der Waals surface area contributed by atoms with Crippen molar-refractivity contribution >= 4 is 16.1 Å². The second-order valence-electron chi connectivity index (χ2n) is 7.04. The lowest BCUT2D eigenvalue weighted by Gasteiger charge is -2.16. The molecule has 0 aromatic heterocycles. The van der Waals surface area contributed by atoms with E-state index in [1.165, 1.54) is 32.1 Å². The van der Waals surface area contributed by atoms with Gasteiger partial charge in [-0.3, -0.25) is 4.55 Å². The van der Waals surface area contributed by atoms with Crippen LogP contribution in [0.2, 0.25) is 0 Å². The van der Waals surface area contributed by atoms with Crippen molar-refractivity contribution < 1.29 is 22.5 Å². The van der Waals surface area contributed by atoms with E-state index in [0.29, 0.717) is 18.6 Å². The summed E-state index contributed by atoms with van der Waals surface area (Å²) < 4.78 is 34.8. The number of likely N-dealkylation sites (N-methyl/N-ethyl adjacent to an activating group) is 1. The molecule has 0 aliphatic rings. The van der Waals surface area contributed by atoms with Crippen molar-refractivity contribution in [3.8, 4) is 0 Å². The van der Waals surface area contributed by atoms with E-state index in [4.69, 9.17) is 9.29 Å². The van der Waals surface area contributed by atoms with Gasteiger partial charge in [-0.1, -0.05) is 57.9 Å². The molecule has 26 heavy (non-hydrogen) atoms. The van der Waals surface area contributed by atoms with Crippen LogP contribution < -0.4 is 0 Å². The van der Waals surface area contributed by atoms with Crippen molar-refractivity contribution in [2.24, 2.45) is 0 Å². The quantitative estimate of drug-likeness (QED) is 0.176. The number of carbonyl (C=O) groups is 1. The molecule has 0 bridgehead atoms. The van der Waals surface area contributed by atoms with E-state index in [-0.39, 0.29) is 11.7 Å². The van der Waals surface area contributed by atoms with Crippen LogP contribution in [0.3, 0.4) is 0 Å². The Morgan fingerprint density at radius 1 is 0.923 bits per heavy atom. The monoisotopic (exact) mass is 391 g/mol. The predicted octanol–water partition coefficient (Wildman–Crippen LogP) is 3.83. The first kappa shape index (κ1) is 25.1. The van der Waals surface area contributed by atoms with Crippen LogP contribution in [-0.2, 0) is 19.6 Å². The first-order valence-electron chi connectivity index (χ1n) is 9.68. The molecule has 0 heterocycles. The van der Waals surface area contributed by atoms with E-state index in [1.807, 2.05) is 7.05 Å². The van der Waals surface area contributed by atoms with Crippen LogP contribution in [0.25, 0.3) is 0 Å². The number of nitrogens with zero attached hydrogens (tertiary/aromatic N) is 1. The maximum absolute atomic E-state index is 11.2. The molecule has 154 valence electrons. The standard InChI is InChI=1S/C19H37NO5S/c1-18(2)19(21)25-16-15-20(3)14-12-10-8-6-4-5-7-9-11-13-17-26(22,23)24/h1,4-17H2,2-3H3,(H,22,23,24). The minimum Gasteiger partial charge on any atom is -0.461 e. The molecule has 7 heteroatoms. The van der Waals surface area contributed by atoms with Gasteiger partial charge in [0.25, 0.3) is 10.1 Å². The Kier molecular flexibility index (Phi) is 14.6. The fourth-order valence-corrected chi connectivity index (χ4v) is 3.18. The van der Waals surface area contributed by atoms with Crippen LogP contribution in [0, 0.1) is 0 Å². The van der Waals surface area contributed by atoms with Crippen molar-refractivity contribution in [1.29, 1.82) is 0 Å². The van der Waals surface area contributed by atoms with E-state index >= 15 is 0 Å². The summed E-state index contributed by atoms with van der Waals surface area (Å²) >= 11 is 0. The van der Waals surface area contributed by atoms with Crippen LogP contribution in [0.5, 0.6) is 0 Å². The van der Waals surface area contributed by atoms with Crippen molar-refractivity contribution in [1.82, 2.24) is 4.90 Å². The van der Waals surface area contributed by atoms with Gasteiger partial charge in [0.2, 0.25) is 0 Å². The Bertz CT molecular complexity index is 490. The molecule has 0 aromatic carbocycles. The molecule has 0 fully saturated rings. The lowest BCUT2D eigenvalue weighted by molar-refractivity contribution is -0.139. The molecule has 0 spiro atoms. The number of carbonyl (C=O) groups excluding carboxylic acids is 1. The maximum atomic E-state index is 11.2. The van der Waals surface area contributed by atoms with Gasteiger partial charge in [0.05, 0.1) is 5.75 Å². The molecule has 0 saturated carbocycles. The van der Waals surface area contributed by atoms with Gasteiger partial charge in [-0.25, -0.2) is 4.79 Å². The molecular weight excluding hydrogens is 354 g/mol. The molecule has 0 aromatic rings. The van der Waals surface area contributed by atoms with Gasteiger partial charge in [-0.2, -0.15) is 8.42 Å². The fourth-order valence-electron chi connectivity index (χ4n) is 2.61. The Hall–Kier alpha value is -0.920. The van der Waals surface area contributed by atoms with Crippen LogP contribution >= 0.6 is 0 Å². The van der Waals surface area contributed by atoms with Gasteiger partial charge in [-0.05, 0) is 33.4 Å². The van der Waals surface area contributed by atoms with E-state index in [0.717, 1.165) is 38.8 Å². The zero-order valence-electron chi connectivity index (χ0n) is 16.5. The van der Waals surface area contributed by atoms with E-state index in [2.05, 4.69) is 11.5 Å². The Morgan fingerprint density at radius 2 is 1.38 bits per heavy atom. The SMILES string of the molecule is C=C(C)C(=O)OCCN(C)CCCCCCCCCCCCS(=O)(=O)O. The summed E-state index contributed by atoms with van der Waals surface area (Å²) in [6, 6.07) is 0. The second kappa shape index (κ2) is 15.2. The van der Waals surface area contributed by atoms with Crippen molar-refractivity contribution in [3.63, 3.8) is 0 Å². The topological polar surface area (TPSA) is 83.9 Å². The lowest BCUT2D eigenvalue weighted by atomic mass is 10.1. The number of esters is 1. The smallest absolute Gasteiger partial charge is 0.333 e. The number of rotatable bonds is 17. The summed E-state index contributed by atoms with van der Waals surface area (Å²) in [6.45, 7) is 7.37. The minimum absolute atomic E-state index is 0.113. The molecule has 0 atom stereocenters. The fraction of sp³-hybridized carbons (Fsp3) is 0.842. The first-order chi connectivity index (χ1) is 12.2. The predicted molar refractivity (Wildman–Crippen MR) is 106 cm³/mol. The van der Waals surface area contributed by atoms with E-state index in [1.54, 1.807) is 6.92 Å². The van der Waals surface area contributed by atoms with E-state index in [9.17, 15) is 13.2 Å². The van der Waals surface area contributed by atoms with Crippen molar-refractivity contribution in [3.05, 3.63) is 12.2 Å². The van der Waals surface area contributed by atoms with Gasteiger partial charge in [0.1, 0.15) is 6.61 Å². The first-order valence-corrected chi connectivity index (χ1v) is 11.3. The molecule has 0 rings (SSSR count). The molecule has 6 nitrogen and oxygen atoms in total. The maximum Gasteiger partial charge on any atom is 0.333 e. The minimum atomic E-state index is -3.78. The van der Waals surface area contributed by atoms with E-state index < -0.39 is 10.1 Å². The molecule has 0 aliphatic carbocycles. The van der Waals surface area contributed by atoms with Gasteiger partial charge in [0.15, 0.2) is 0 Å². The second-order valence-corrected chi connectivity index (χ2v) is 8.61. The number of hydrogen-bond acceptors (Lipinski definition) is 5. The van der Waals surface area contributed by atoms with Crippen LogP contribution in [0.4, 0.5) is 0 Å². The Labute approximate surface area is 159 Å². The number of ether oxygens (including phenoxy) is 1. The highest BCUT2D eigenvalue weighted by Crippen LogP contribution is 2.11. The molecule has 0 unspecified atom stereocenters. The highest BCUT2D eigenvalue weighted by molar-refractivity contribution is 7.85. The van der Waals surface area contributed by atoms with Crippen LogP contribution in [0.15, 0.2) is 12.2 Å². The van der Waals surface area contributed by atoms with Crippen LogP contribution in [0.1, 0.15) is 71.1 Å². The van der Waals surface area contributed by atoms with Crippen molar-refractivity contribution in [2.75, 3.05) is 32.5 Å². The summed E-state index contributed by atoms with van der Waals surface area (Å²) in [5.41, 5.74) is 0.436.